The highest BCUT2D eigenvalue weighted by Gasteiger charge is 2.27. The van der Waals surface area contributed by atoms with E-state index in [-0.39, 0.29) is 11.8 Å². The summed E-state index contributed by atoms with van der Waals surface area (Å²) in [4.78, 5) is 31.1. The van der Waals surface area contributed by atoms with Crippen molar-refractivity contribution in [2.75, 3.05) is 18.1 Å². The molecule has 30 heavy (non-hydrogen) atoms. The van der Waals surface area contributed by atoms with Gasteiger partial charge in [0.15, 0.2) is 0 Å². The summed E-state index contributed by atoms with van der Waals surface area (Å²) in [6.07, 6.45) is 0. The Morgan fingerprint density at radius 3 is 2.63 bits per heavy atom. The van der Waals surface area contributed by atoms with Crippen LogP contribution in [-0.2, 0) is 0 Å². The van der Waals surface area contributed by atoms with Crippen molar-refractivity contribution in [3.8, 4) is 5.88 Å². The average Bonchev–Trinajstić information content (AvgIpc) is 2.77. The van der Waals surface area contributed by atoms with Crippen molar-refractivity contribution < 1.29 is 14.3 Å². The molecule has 2 N–H and O–H groups in total. The van der Waals surface area contributed by atoms with E-state index in [0.717, 1.165) is 0 Å². The number of pyridine rings is 1. The van der Waals surface area contributed by atoms with Crippen molar-refractivity contribution in [3.63, 3.8) is 0 Å². The Hall–Kier alpha value is -3.38. The van der Waals surface area contributed by atoms with E-state index in [1.807, 2.05) is 37.3 Å². The second-order valence-electron chi connectivity index (χ2n) is 7.05. The molecule has 1 aliphatic heterocycles. The van der Waals surface area contributed by atoms with E-state index < -0.39 is 5.91 Å². The molecule has 1 atom stereocenters. The predicted octanol–water partition coefficient (Wildman–Crippen LogP) is 4.02. The van der Waals surface area contributed by atoms with Crippen LogP contribution in [0.1, 0.15) is 44.8 Å². The lowest BCUT2D eigenvalue weighted by molar-refractivity contribution is 0.0973. The highest BCUT2D eigenvalue weighted by Crippen LogP contribution is 2.35. The summed E-state index contributed by atoms with van der Waals surface area (Å²) < 4.78 is 5.75. The van der Waals surface area contributed by atoms with E-state index in [1.54, 1.807) is 35.2 Å². The van der Waals surface area contributed by atoms with Crippen molar-refractivity contribution in [3.05, 3.63) is 88.1 Å². The quantitative estimate of drug-likeness (QED) is 0.689. The number of benzene rings is 2. The van der Waals surface area contributed by atoms with E-state index in [4.69, 9.17) is 22.1 Å². The van der Waals surface area contributed by atoms with Gasteiger partial charge in [-0.1, -0.05) is 36.7 Å². The molecule has 7 heteroatoms. The Kier molecular flexibility index (Phi) is 5.42. The van der Waals surface area contributed by atoms with Gasteiger partial charge < -0.3 is 15.4 Å². The summed E-state index contributed by atoms with van der Waals surface area (Å²) in [5.41, 5.74) is 8.52. The van der Waals surface area contributed by atoms with Gasteiger partial charge in [0, 0.05) is 22.1 Å². The van der Waals surface area contributed by atoms with Gasteiger partial charge in [0.2, 0.25) is 11.8 Å². The Balaban J connectivity index is 1.69. The maximum Gasteiger partial charge on any atom is 0.258 e. The molecular formula is C23H20ClN3O3. The van der Waals surface area contributed by atoms with Crippen LogP contribution in [0.3, 0.4) is 0 Å². The van der Waals surface area contributed by atoms with Gasteiger partial charge in [0.1, 0.15) is 12.3 Å². The number of nitrogens with two attached hydrogens (primary N) is 1. The number of hydrogen-bond acceptors (Lipinski definition) is 4. The van der Waals surface area contributed by atoms with E-state index in [9.17, 15) is 9.59 Å². The molecule has 152 valence electrons. The fraction of sp³-hybridized carbons (Fsp3) is 0.174. The van der Waals surface area contributed by atoms with Gasteiger partial charge in [-0.3, -0.25) is 9.59 Å². The van der Waals surface area contributed by atoms with Gasteiger partial charge in [0.05, 0.1) is 12.2 Å². The van der Waals surface area contributed by atoms with Gasteiger partial charge in [-0.2, -0.15) is 0 Å². The van der Waals surface area contributed by atoms with Crippen molar-refractivity contribution >= 4 is 29.1 Å². The maximum atomic E-state index is 12.9. The van der Waals surface area contributed by atoms with E-state index in [0.29, 0.717) is 52.1 Å². The van der Waals surface area contributed by atoms with E-state index in [1.165, 1.54) is 0 Å². The fourth-order valence-corrected chi connectivity index (χ4v) is 3.76. The van der Waals surface area contributed by atoms with Crippen LogP contribution >= 0.6 is 11.6 Å². The third-order valence-electron chi connectivity index (χ3n) is 5.16. The Morgan fingerprint density at radius 2 is 1.90 bits per heavy atom. The molecule has 2 amide bonds. The van der Waals surface area contributed by atoms with Crippen LogP contribution in [0.4, 0.5) is 5.69 Å². The zero-order chi connectivity index (χ0) is 21.3. The summed E-state index contributed by atoms with van der Waals surface area (Å²) in [5.74, 6) is -0.492. The number of hydrogen-bond donors (Lipinski definition) is 1. The summed E-state index contributed by atoms with van der Waals surface area (Å²) in [6.45, 7) is 2.71. The lowest BCUT2D eigenvalue weighted by atomic mass is 9.92. The monoisotopic (exact) mass is 421 g/mol. The van der Waals surface area contributed by atoms with Gasteiger partial charge >= 0.3 is 0 Å². The first kappa shape index (κ1) is 19.9. The van der Waals surface area contributed by atoms with Gasteiger partial charge in [0.25, 0.3) is 5.91 Å². The minimum absolute atomic E-state index is 0.103. The predicted molar refractivity (Wildman–Crippen MR) is 115 cm³/mol. The van der Waals surface area contributed by atoms with Crippen molar-refractivity contribution in [2.45, 2.75) is 12.8 Å². The number of carbonyl (C=O) groups is 2. The highest BCUT2D eigenvalue weighted by molar-refractivity contribution is 6.30. The SMILES string of the molecule is CC(c1ccc2c(n1)OCCN2C(=O)c1ccccc1)c1cc(Cl)ccc1C(N)=O. The normalized spacial score (nSPS) is 13.9. The van der Waals surface area contributed by atoms with Gasteiger partial charge in [-0.05, 0) is 48.0 Å². The maximum absolute atomic E-state index is 12.9. The van der Waals surface area contributed by atoms with Crippen LogP contribution in [0.15, 0.2) is 60.7 Å². The zero-order valence-corrected chi connectivity index (χ0v) is 17.1. The summed E-state index contributed by atoms with van der Waals surface area (Å²) in [7, 11) is 0. The molecule has 0 spiro atoms. The molecule has 1 aliphatic rings. The van der Waals surface area contributed by atoms with E-state index in [2.05, 4.69) is 4.98 Å². The zero-order valence-electron chi connectivity index (χ0n) is 16.3. The molecule has 1 unspecified atom stereocenters. The summed E-state index contributed by atoms with van der Waals surface area (Å²) in [6, 6.07) is 17.7. The Morgan fingerprint density at radius 1 is 1.13 bits per heavy atom. The fourth-order valence-electron chi connectivity index (χ4n) is 3.58. The Bertz CT molecular complexity index is 1120. The minimum atomic E-state index is -0.526. The number of fused-ring (bicyclic) bond motifs is 1. The number of amides is 2. The molecule has 2 aromatic carbocycles. The standard InChI is InChI=1S/C23H20ClN3O3/c1-14(18-13-16(24)7-8-17(18)21(25)28)19-9-10-20-22(26-19)30-12-11-27(20)23(29)15-5-3-2-4-6-15/h2-10,13-14H,11-12H2,1H3,(H2,25,28). The molecule has 2 heterocycles. The number of halogens is 1. The topological polar surface area (TPSA) is 85.5 Å². The Labute approximate surface area is 179 Å². The minimum Gasteiger partial charge on any atom is -0.474 e. The first-order chi connectivity index (χ1) is 14.5. The summed E-state index contributed by atoms with van der Waals surface area (Å²) >= 11 is 6.14. The van der Waals surface area contributed by atoms with Crippen molar-refractivity contribution in [1.29, 1.82) is 0 Å². The first-order valence-corrected chi connectivity index (χ1v) is 9.93. The van der Waals surface area contributed by atoms with E-state index >= 15 is 0 Å². The number of rotatable bonds is 4. The molecule has 0 saturated heterocycles. The van der Waals surface area contributed by atoms with Crippen molar-refractivity contribution in [1.82, 2.24) is 4.98 Å². The van der Waals surface area contributed by atoms with Crippen LogP contribution < -0.4 is 15.4 Å². The molecule has 0 fully saturated rings. The third-order valence-corrected chi connectivity index (χ3v) is 5.40. The molecule has 0 saturated carbocycles. The molecule has 4 rings (SSSR count). The molecule has 6 nitrogen and oxygen atoms in total. The average molecular weight is 422 g/mol. The second kappa shape index (κ2) is 8.16. The lowest BCUT2D eigenvalue weighted by Gasteiger charge is -2.29. The highest BCUT2D eigenvalue weighted by atomic mass is 35.5. The van der Waals surface area contributed by atoms with Gasteiger partial charge in [-0.25, -0.2) is 4.98 Å². The van der Waals surface area contributed by atoms with Crippen LogP contribution in [0, 0.1) is 0 Å². The number of ether oxygens (including phenoxy) is 1. The van der Waals surface area contributed by atoms with Crippen LogP contribution in [0.2, 0.25) is 5.02 Å². The van der Waals surface area contributed by atoms with Crippen LogP contribution in [0.5, 0.6) is 5.88 Å². The number of primary amides is 1. The molecule has 0 radical (unpaired) electrons. The lowest BCUT2D eigenvalue weighted by Crippen LogP contribution is -2.38. The van der Waals surface area contributed by atoms with Crippen LogP contribution in [0.25, 0.3) is 0 Å². The largest absolute Gasteiger partial charge is 0.474 e. The second-order valence-corrected chi connectivity index (χ2v) is 7.49. The molecular weight excluding hydrogens is 402 g/mol. The smallest absolute Gasteiger partial charge is 0.258 e. The number of aromatic nitrogens is 1. The van der Waals surface area contributed by atoms with Gasteiger partial charge in [-0.15, -0.1) is 0 Å². The van der Waals surface area contributed by atoms with Crippen molar-refractivity contribution in [2.24, 2.45) is 5.73 Å². The molecule has 3 aromatic rings. The molecule has 1 aromatic heterocycles. The third kappa shape index (κ3) is 3.74. The molecule has 0 bridgehead atoms. The molecule has 0 aliphatic carbocycles. The number of carbonyl (C=O) groups excluding carboxylic acids is 2. The number of anilines is 1. The summed E-state index contributed by atoms with van der Waals surface area (Å²) in [5, 5.41) is 0.510. The van der Waals surface area contributed by atoms with Crippen LogP contribution in [-0.4, -0.2) is 29.9 Å². The first-order valence-electron chi connectivity index (χ1n) is 9.55. The number of nitrogens with zero attached hydrogens (tertiary/aromatic N) is 2.